The van der Waals surface area contributed by atoms with Crippen molar-refractivity contribution in [2.24, 2.45) is 0 Å². The van der Waals surface area contributed by atoms with Gasteiger partial charge in [0.05, 0.1) is 12.1 Å². The minimum absolute atomic E-state index is 0.115. The fraction of sp³-hybridized carbons (Fsp3) is 0.900. The molecule has 0 aromatic heterocycles. The Balaban J connectivity index is 2.04. The number of nitrogens with one attached hydrogen (secondary N) is 1. The van der Waals surface area contributed by atoms with E-state index >= 15 is 0 Å². The lowest BCUT2D eigenvalue weighted by Gasteiger charge is -2.09. The Bertz CT molecular complexity index is 156. The topological polar surface area (TPSA) is 35.8 Å². The maximum atomic E-state index is 8.79. The molecule has 1 fully saturated rings. The second-order valence-corrected chi connectivity index (χ2v) is 3.62. The molecule has 1 aliphatic carbocycles. The van der Waals surface area contributed by atoms with Crippen molar-refractivity contribution in [1.82, 2.24) is 5.32 Å². The highest BCUT2D eigenvalue weighted by atomic mass is 15.0. The van der Waals surface area contributed by atoms with Crippen LogP contribution in [-0.2, 0) is 0 Å². The van der Waals surface area contributed by atoms with Gasteiger partial charge in [-0.25, -0.2) is 0 Å². The van der Waals surface area contributed by atoms with Crippen molar-refractivity contribution in [2.75, 3.05) is 0 Å². The van der Waals surface area contributed by atoms with Gasteiger partial charge in [0, 0.05) is 6.04 Å². The lowest BCUT2D eigenvalue weighted by Crippen LogP contribution is -2.29. The molecule has 0 aromatic carbocycles. The first-order valence-corrected chi connectivity index (χ1v) is 5.02. The molecule has 68 valence electrons. The highest BCUT2D eigenvalue weighted by Gasteiger charge is 2.23. The Kier molecular flexibility index (Phi) is 4.10. The molecule has 0 aromatic rings. The predicted octanol–water partition coefficient (Wildman–Crippen LogP) is 2.21. The van der Waals surface area contributed by atoms with Gasteiger partial charge in [-0.1, -0.05) is 26.2 Å². The Labute approximate surface area is 75.0 Å². The van der Waals surface area contributed by atoms with Crippen LogP contribution in [-0.4, -0.2) is 12.1 Å². The number of nitriles is 1. The van der Waals surface area contributed by atoms with Gasteiger partial charge < -0.3 is 0 Å². The molecule has 12 heavy (non-hydrogen) atoms. The van der Waals surface area contributed by atoms with Crippen LogP contribution in [0, 0.1) is 11.3 Å². The Morgan fingerprint density at radius 3 is 2.75 bits per heavy atom. The summed E-state index contributed by atoms with van der Waals surface area (Å²) in [5.41, 5.74) is 0. The maximum absolute atomic E-state index is 8.79. The summed E-state index contributed by atoms with van der Waals surface area (Å²) in [6.45, 7) is 2.19. The van der Waals surface area contributed by atoms with Gasteiger partial charge >= 0.3 is 0 Å². The fourth-order valence-electron chi connectivity index (χ4n) is 1.32. The first-order chi connectivity index (χ1) is 5.86. The van der Waals surface area contributed by atoms with E-state index < -0.39 is 0 Å². The van der Waals surface area contributed by atoms with E-state index in [0.717, 1.165) is 6.42 Å². The average molecular weight is 166 g/mol. The van der Waals surface area contributed by atoms with Gasteiger partial charge in [0.25, 0.3) is 0 Å². The van der Waals surface area contributed by atoms with Crippen molar-refractivity contribution >= 4 is 0 Å². The lowest BCUT2D eigenvalue weighted by atomic mass is 10.1. The second-order valence-electron chi connectivity index (χ2n) is 3.62. The van der Waals surface area contributed by atoms with Crippen LogP contribution in [0.1, 0.15) is 45.4 Å². The molecule has 0 amide bonds. The zero-order chi connectivity index (χ0) is 8.81. The normalized spacial score (nSPS) is 18.7. The van der Waals surface area contributed by atoms with Crippen molar-refractivity contribution in [1.29, 1.82) is 5.26 Å². The van der Waals surface area contributed by atoms with Gasteiger partial charge in [-0.3, -0.25) is 5.32 Å². The number of rotatable bonds is 6. The number of unbranched alkanes of at least 4 members (excludes halogenated alkanes) is 2. The molecule has 1 aliphatic rings. The van der Waals surface area contributed by atoms with E-state index in [1.165, 1.54) is 32.1 Å². The zero-order valence-electron chi connectivity index (χ0n) is 7.84. The van der Waals surface area contributed by atoms with Crippen LogP contribution < -0.4 is 5.32 Å². The van der Waals surface area contributed by atoms with Crippen molar-refractivity contribution in [3.63, 3.8) is 0 Å². The van der Waals surface area contributed by atoms with Crippen LogP contribution in [0.5, 0.6) is 0 Å². The molecule has 1 N–H and O–H groups in total. The first kappa shape index (κ1) is 9.54. The molecule has 0 bridgehead atoms. The summed E-state index contributed by atoms with van der Waals surface area (Å²) in [7, 11) is 0. The monoisotopic (exact) mass is 166 g/mol. The van der Waals surface area contributed by atoms with E-state index in [-0.39, 0.29) is 6.04 Å². The van der Waals surface area contributed by atoms with E-state index in [9.17, 15) is 0 Å². The van der Waals surface area contributed by atoms with Gasteiger partial charge in [-0.05, 0) is 19.3 Å². The Morgan fingerprint density at radius 1 is 1.50 bits per heavy atom. The van der Waals surface area contributed by atoms with Gasteiger partial charge in [0.2, 0.25) is 0 Å². The largest absolute Gasteiger partial charge is 0.299 e. The molecule has 0 aliphatic heterocycles. The van der Waals surface area contributed by atoms with Crippen LogP contribution >= 0.6 is 0 Å². The second kappa shape index (κ2) is 5.16. The van der Waals surface area contributed by atoms with E-state index in [0.29, 0.717) is 6.04 Å². The third-order valence-electron chi connectivity index (χ3n) is 2.27. The summed E-state index contributed by atoms with van der Waals surface area (Å²) in [6.07, 6.45) is 7.25. The number of hydrogen-bond acceptors (Lipinski definition) is 2. The van der Waals surface area contributed by atoms with Gasteiger partial charge in [-0.2, -0.15) is 5.26 Å². The maximum Gasteiger partial charge on any atom is 0.0955 e. The molecular formula is C10H18N2. The van der Waals surface area contributed by atoms with Crippen molar-refractivity contribution in [2.45, 2.75) is 57.5 Å². The molecule has 0 heterocycles. The van der Waals surface area contributed by atoms with Gasteiger partial charge in [-0.15, -0.1) is 0 Å². The van der Waals surface area contributed by atoms with E-state index in [1.54, 1.807) is 0 Å². The molecule has 2 heteroatoms. The molecule has 0 radical (unpaired) electrons. The minimum Gasteiger partial charge on any atom is -0.299 e. The van der Waals surface area contributed by atoms with Crippen molar-refractivity contribution < 1.29 is 0 Å². The first-order valence-electron chi connectivity index (χ1n) is 5.02. The Morgan fingerprint density at radius 2 is 2.25 bits per heavy atom. The number of hydrogen-bond donors (Lipinski definition) is 1. The van der Waals surface area contributed by atoms with E-state index in [4.69, 9.17) is 5.26 Å². The van der Waals surface area contributed by atoms with Crippen LogP contribution in [0.15, 0.2) is 0 Å². The summed E-state index contributed by atoms with van der Waals surface area (Å²) < 4.78 is 0. The quantitative estimate of drug-likeness (QED) is 0.614. The molecule has 1 atom stereocenters. The summed E-state index contributed by atoms with van der Waals surface area (Å²) >= 11 is 0. The van der Waals surface area contributed by atoms with Crippen molar-refractivity contribution in [3.05, 3.63) is 0 Å². The van der Waals surface area contributed by atoms with Crippen LogP contribution in [0.3, 0.4) is 0 Å². The minimum atomic E-state index is 0.115. The third-order valence-corrected chi connectivity index (χ3v) is 2.27. The van der Waals surface area contributed by atoms with Gasteiger partial charge in [0.1, 0.15) is 0 Å². The zero-order valence-corrected chi connectivity index (χ0v) is 7.84. The fourth-order valence-corrected chi connectivity index (χ4v) is 1.32. The molecule has 1 rings (SSSR count). The third kappa shape index (κ3) is 3.73. The van der Waals surface area contributed by atoms with E-state index in [2.05, 4.69) is 18.3 Å². The average Bonchev–Trinajstić information content (AvgIpc) is 2.87. The molecule has 0 spiro atoms. The lowest BCUT2D eigenvalue weighted by molar-refractivity contribution is 0.528. The van der Waals surface area contributed by atoms with Gasteiger partial charge in [0.15, 0.2) is 0 Å². The molecule has 0 saturated heterocycles. The van der Waals surface area contributed by atoms with E-state index in [1.807, 2.05) is 0 Å². The molecule has 1 saturated carbocycles. The Hall–Kier alpha value is -0.550. The highest BCUT2D eigenvalue weighted by molar-refractivity contribution is 4.95. The smallest absolute Gasteiger partial charge is 0.0955 e. The van der Waals surface area contributed by atoms with Crippen LogP contribution in [0.2, 0.25) is 0 Å². The molecular weight excluding hydrogens is 148 g/mol. The predicted molar refractivity (Wildman–Crippen MR) is 49.7 cm³/mol. The van der Waals surface area contributed by atoms with Crippen LogP contribution in [0.4, 0.5) is 0 Å². The summed E-state index contributed by atoms with van der Waals surface area (Å²) in [5, 5.41) is 12.1. The number of nitrogens with zero attached hydrogens (tertiary/aromatic N) is 1. The molecule has 2 nitrogen and oxygen atoms in total. The summed E-state index contributed by atoms with van der Waals surface area (Å²) in [6, 6.07) is 3.10. The molecule has 1 unspecified atom stereocenters. The van der Waals surface area contributed by atoms with Crippen molar-refractivity contribution in [3.8, 4) is 6.07 Å². The SMILES string of the molecule is CCCCCC(C#N)NC1CC1. The van der Waals surface area contributed by atoms with Crippen LogP contribution in [0.25, 0.3) is 0 Å². The standard InChI is InChI=1S/C10H18N2/c1-2-3-4-5-10(8-11)12-9-6-7-9/h9-10,12H,2-7H2,1H3. The summed E-state index contributed by atoms with van der Waals surface area (Å²) in [4.78, 5) is 0. The highest BCUT2D eigenvalue weighted by Crippen LogP contribution is 2.20. The summed E-state index contributed by atoms with van der Waals surface area (Å²) in [5.74, 6) is 0.